The molecule has 1 aliphatic rings. The van der Waals surface area contributed by atoms with Crippen LogP contribution in [0.5, 0.6) is 0 Å². The highest BCUT2D eigenvalue weighted by atomic mass is 79.9. The van der Waals surface area contributed by atoms with Gasteiger partial charge in [-0.25, -0.2) is 0 Å². The molecule has 16 heavy (non-hydrogen) atoms. The van der Waals surface area contributed by atoms with Crippen LogP contribution in [0.4, 0.5) is 5.69 Å². The molecule has 1 aromatic carbocycles. The van der Waals surface area contributed by atoms with Gasteiger partial charge in [-0.3, -0.25) is 9.59 Å². The van der Waals surface area contributed by atoms with Crippen LogP contribution in [0.15, 0.2) is 27.6 Å². The maximum absolute atomic E-state index is 11.7. The average Bonchev–Trinajstić information content (AvgIpc) is 2.22. The highest BCUT2D eigenvalue weighted by Gasteiger charge is 2.25. The van der Waals surface area contributed by atoms with Crippen molar-refractivity contribution in [3.05, 3.63) is 22.7 Å². The van der Waals surface area contributed by atoms with E-state index >= 15 is 0 Å². The number of primary amides is 1. The van der Waals surface area contributed by atoms with Crippen LogP contribution in [0.3, 0.4) is 0 Å². The third-order valence-electron chi connectivity index (χ3n) is 2.18. The second kappa shape index (κ2) is 4.47. The molecule has 0 fully saturated rings. The Labute approximate surface area is 105 Å². The summed E-state index contributed by atoms with van der Waals surface area (Å²) in [5.74, 6) is -0.248. The Morgan fingerprint density at radius 2 is 2.31 bits per heavy atom. The van der Waals surface area contributed by atoms with E-state index in [1.165, 1.54) is 16.7 Å². The summed E-state index contributed by atoms with van der Waals surface area (Å²) in [6.45, 7) is -0.0666. The van der Waals surface area contributed by atoms with Gasteiger partial charge in [0.05, 0.1) is 11.4 Å². The Hall–Kier alpha value is -1.01. The van der Waals surface area contributed by atoms with Crippen LogP contribution in [0.1, 0.15) is 0 Å². The van der Waals surface area contributed by atoms with Crippen LogP contribution in [-0.2, 0) is 9.59 Å². The van der Waals surface area contributed by atoms with Crippen molar-refractivity contribution in [2.24, 2.45) is 5.73 Å². The number of carbonyl (C=O) groups excluding carboxylic acids is 2. The summed E-state index contributed by atoms with van der Waals surface area (Å²) >= 11 is 4.81. The van der Waals surface area contributed by atoms with Gasteiger partial charge in [-0.05, 0) is 18.2 Å². The molecule has 0 aliphatic carbocycles. The molecule has 1 heterocycles. The predicted octanol–water partition coefficient (Wildman–Crippen LogP) is 1.37. The van der Waals surface area contributed by atoms with Crippen molar-refractivity contribution in [1.82, 2.24) is 0 Å². The molecule has 4 nitrogen and oxygen atoms in total. The van der Waals surface area contributed by atoms with Gasteiger partial charge in [0, 0.05) is 9.37 Å². The zero-order valence-electron chi connectivity index (χ0n) is 8.27. The second-order valence-corrected chi connectivity index (χ2v) is 5.28. The molecule has 0 saturated carbocycles. The van der Waals surface area contributed by atoms with Gasteiger partial charge in [-0.1, -0.05) is 15.9 Å². The number of hydrogen-bond donors (Lipinski definition) is 1. The molecular formula is C10H9BrN2O2S. The number of nitrogens with zero attached hydrogens (tertiary/aromatic N) is 1. The molecule has 1 aromatic rings. The Kier molecular flexibility index (Phi) is 3.20. The van der Waals surface area contributed by atoms with Gasteiger partial charge in [0.1, 0.15) is 6.54 Å². The van der Waals surface area contributed by atoms with E-state index in [4.69, 9.17) is 5.73 Å². The number of nitrogens with two attached hydrogens (primary N) is 1. The summed E-state index contributed by atoms with van der Waals surface area (Å²) in [4.78, 5) is 25.0. The van der Waals surface area contributed by atoms with Crippen molar-refractivity contribution in [2.45, 2.75) is 4.90 Å². The molecule has 0 aromatic heterocycles. The highest BCUT2D eigenvalue weighted by molar-refractivity contribution is 9.10. The number of hydrogen-bond acceptors (Lipinski definition) is 3. The van der Waals surface area contributed by atoms with E-state index in [-0.39, 0.29) is 12.5 Å². The fraction of sp³-hybridized carbons (Fsp3) is 0.200. The van der Waals surface area contributed by atoms with Crippen LogP contribution in [0.2, 0.25) is 0 Å². The molecular weight excluding hydrogens is 292 g/mol. The minimum Gasteiger partial charge on any atom is -0.368 e. The lowest BCUT2D eigenvalue weighted by Gasteiger charge is -2.27. The van der Waals surface area contributed by atoms with Crippen molar-refractivity contribution in [2.75, 3.05) is 17.2 Å². The maximum atomic E-state index is 11.7. The predicted molar refractivity (Wildman–Crippen MR) is 66.4 cm³/mol. The fourth-order valence-corrected chi connectivity index (χ4v) is 2.77. The number of amides is 2. The molecule has 1 aliphatic heterocycles. The van der Waals surface area contributed by atoms with Crippen molar-refractivity contribution in [1.29, 1.82) is 0 Å². The van der Waals surface area contributed by atoms with E-state index in [1.807, 2.05) is 18.2 Å². The molecule has 2 amide bonds. The minimum atomic E-state index is -0.508. The van der Waals surface area contributed by atoms with Gasteiger partial charge in [0.2, 0.25) is 11.8 Å². The summed E-state index contributed by atoms with van der Waals surface area (Å²) in [6, 6.07) is 5.65. The Bertz CT molecular complexity index is 464. The lowest BCUT2D eigenvalue weighted by atomic mass is 10.2. The van der Waals surface area contributed by atoms with E-state index < -0.39 is 5.91 Å². The van der Waals surface area contributed by atoms with Crippen LogP contribution >= 0.6 is 27.7 Å². The molecule has 6 heteroatoms. The standard InChI is InChI=1S/C10H9BrN2O2S/c11-6-1-2-8-7(3-6)13(4-9(12)14)10(15)5-16-8/h1-3H,4-5H2,(H2,12,14). The fourth-order valence-electron chi connectivity index (χ4n) is 1.50. The summed E-state index contributed by atoms with van der Waals surface area (Å²) in [5, 5.41) is 0. The van der Waals surface area contributed by atoms with E-state index in [0.717, 1.165) is 15.1 Å². The topological polar surface area (TPSA) is 63.4 Å². The molecule has 0 bridgehead atoms. The summed E-state index contributed by atoms with van der Waals surface area (Å²) in [6.07, 6.45) is 0. The van der Waals surface area contributed by atoms with Crippen LogP contribution in [0, 0.1) is 0 Å². The summed E-state index contributed by atoms with van der Waals surface area (Å²) in [7, 11) is 0. The molecule has 0 saturated heterocycles. The molecule has 84 valence electrons. The zero-order valence-corrected chi connectivity index (χ0v) is 10.7. The zero-order chi connectivity index (χ0) is 11.7. The van der Waals surface area contributed by atoms with E-state index in [2.05, 4.69) is 15.9 Å². The maximum Gasteiger partial charge on any atom is 0.237 e. The monoisotopic (exact) mass is 300 g/mol. The van der Waals surface area contributed by atoms with Crippen molar-refractivity contribution < 1.29 is 9.59 Å². The first-order valence-electron chi connectivity index (χ1n) is 4.59. The number of benzene rings is 1. The normalized spacial score (nSPS) is 14.8. The number of anilines is 1. The molecule has 2 rings (SSSR count). The molecule has 0 spiro atoms. The van der Waals surface area contributed by atoms with E-state index in [9.17, 15) is 9.59 Å². The Morgan fingerprint density at radius 3 is 3.00 bits per heavy atom. The SMILES string of the molecule is NC(=O)CN1C(=O)CSc2ccc(Br)cc21. The van der Waals surface area contributed by atoms with E-state index in [0.29, 0.717) is 5.75 Å². The third-order valence-corrected chi connectivity index (χ3v) is 3.72. The smallest absolute Gasteiger partial charge is 0.237 e. The first-order chi connectivity index (χ1) is 7.58. The lowest BCUT2D eigenvalue weighted by Crippen LogP contribution is -2.41. The minimum absolute atomic E-state index is 0.0666. The first-order valence-corrected chi connectivity index (χ1v) is 6.37. The van der Waals surface area contributed by atoms with Crippen molar-refractivity contribution in [3.8, 4) is 0 Å². The number of thioether (sulfide) groups is 1. The van der Waals surface area contributed by atoms with Gasteiger partial charge in [0.15, 0.2) is 0 Å². The van der Waals surface area contributed by atoms with Gasteiger partial charge in [-0.15, -0.1) is 11.8 Å². The summed E-state index contributed by atoms with van der Waals surface area (Å²) in [5.41, 5.74) is 5.87. The average molecular weight is 301 g/mol. The van der Waals surface area contributed by atoms with Crippen LogP contribution < -0.4 is 10.6 Å². The van der Waals surface area contributed by atoms with Gasteiger partial charge in [0.25, 0.3) is 0 Å². The van der Waals surface area contributed by atoms with Crippen molar-refractivity contribution >= 4 is 45.2 Å². The molecule has 2 N–H and O–H groups in total. The molecule has 0 atom stereocenters. The second-order valence-electron chi connectivity index (χ2n) is 3.35. The van der Waals surface area contributed by atoms with Gasteiger partial charge >= 0.3 is 0 Å². The highest BCUT2D eigenvalue weighted by Crippen LogP contribution is 2.36. The largest absolute Gasteiger partial charge is 0.368 e. The summed E-state index contributed by atoms with van der Waals surface area (Å²) < 4.78 is 0.871. The molecule has 0 unspecified atom stereocenters. The molecule has 0 radical (unpaired) electrons. The quantitative estimate of drug-likeness (QED) is 0.897. The number of fused-ring (bicyclic) bond motifs is 1. The van der Waals surface area contributed by atoms with E-state index in [1.54, 1.807) is 0 Å². The Morgan fingerprint density at radius 1 is 1.56 bits per heavy atom. The van der Waals surface area contributed by atoms with Gasteiger partial charge < -0.3 is 10.6 Å². The van der Waals surface area contributed by atoms with Crippen molar-refractivity contribution in [3.63, 3.8) is 0 Å². The van der Waals surface area contributed by atoms with Crippen LogP contribution in [0.25, 0.3) is 0 Å². The number of rotatable bonds is 2. The Balaban J connectivity index is 2.42. The third kappa shape index (κ3) is 2.22. The van der Waals surface area contributed by atoms with Crippen LogP contribution in [-0.4, -0.2) is 24.1 Å². The number of halogens is 1. The first kappa shape index (κ1) is 11.5. The number of carbonyl (C=O) groups is 2. The van der Waals surface area contributed by atoms with Gasteiger partial charge in [-0.2, -0.15) is 0 Å². The lowest BCUT2D eigenvalue weighted by molar-refractivity contribution is -0.121.